The van der Waals surface area contributed by atoms with Gasteiger partial charge < -0.3 is 0 Å². The molecule has 7 nitrogen and oxygen atoms in total. The molecule has 0 bridgehead atoms. The number of fused-ring (bicyclic) bond motifs is 2. The van der Waals surface area contributed by atoms with Crippen LogP contribution in [0.4, 0.5) is 8.78 Å². The smallest absolute Gasteiger partial charge is 0.243 e. The summed E-state index contributed by atoms with van der Waals surface area (Å²) in [5.74, 6) is -2.00. The fourth-order valence-corrected chi connectivity index (χ4v) is 7.20. The third-order valence-electron chi connectivity index (χ3n) is 7.19. The van der Waals surface area contributed by atoms with E-state index in [1.807, 2.05) is 6.08 Å². The average Bonchev–Trinajstić information content (AvgIpc) is 3.35. The number of halogens is 3. The lowest BCUT2D eigenvalue weighted by Gasteiger charge is -2.42. The normalized spacial score (nSPS) is 19.2. The van der Waals surface area contributed by atoms with E-state index in [0.29, 0.717) is 18.5 Å². The van der Waals surface area contributed by atoms with Gasteiger partial charge in [0.05, 0.1) is 33.5 Å². The molecule has 198 valence electrons. The van der Waals surface area contributed by atoms with Gasteiger partial charge in [0.2, 0.25) is 10.0 Å². The van der Waals surface area contributed by atoms with Gasteiger partial charge in [0.25, 0.3) is 0 Å². The van der Waals surface area contributed by atoms with Crippen molar-refractivity contribution in [2.75, 3.05) is 6.54 Å². The van der Waals surface area contributed by atoms with E-state index in [0.717, 1.165) is 35.0 Å². The Morgan fingerprint density at radius 2 is 1.85 bits per heavy atom. The number of sulfonamides is 1. The third-order valence-corrected chi connectivity index (χ3v) is 9.36. The number of rotatable bonds is 5. The second-order valence-electron chi connectivity index (χ2n) is 9.44. The maximum Gasteiger partial charge on any atom is 0.243 e. The monoisotopic (exact) mass is 566 g/mol. The zero-order chi connectivity index (χ0) is 27.3. The minimum atomic E-state index is -4.22. The van der Waals surface area contributed by atoms with Gasteiger partial charge in [-0.05, 0) is 79.1 Å². The fourth-order valence-electron chi connectivity index (χ4n) is 5.31. The molecule has 4 aromatic rings. The van der Waals surface area contributed by atoms with Gasteiger partial charge in [0, 0.05) is 18.7 Å². The first-order valence-corrected chi connectivity index (χ1v) is 14.0. The zero-order valence-electron chi connectivity index (χ0n) is 20.3. The van der Waals surface area contributed by atoms with E-state index in [1.54, 1.807) is 41.2 Å². The quantitative estimate of drug-likeness (QED) is 0.314. The molecule has 39 heavy (non-hydrogen) atoms. The Kier molecular flexibility index (Phi) is 6.41. The lowest BCUT2D eigenvalue weighted by Crippen LogP contribution is -2.54. The Balaban J connectivity index is 1.43. The minimum absolute atomic E-state index is 0.0307. The summed E-state index contributed by atoms with van der Waals surface area (Å²) in [5, 5.41) is 4.16. The highest BCUT2D eigenvalue weighted by molar-refractivity contribution is 7.89. The highest BCUT2D eigenvalue weighted by Crippen LogP contribution is 2.41. The number of ketones is 1. The van der Waals surface area contributed by atoms with Crippen molar-refractivity contribution in [1.29, 1.82) is 0 Å². The van der Waals surface area contributed by atoms with E-state index >= 15 is 0 Å². The Morgan fingerprint density at radius 1 is 1.05 bits per heavy atom. The fraction of sp³-hybridized carbons (Fsp3) is 0.179. The number of nitrogens with zero attached hydrogens (tertiary/aromatic N) is 4. The van der Waals surface area contributed by atoms with Crippen LogP contribution in [0.25, 0.3) is 11.8 Å². The maximum absolute atomic E-state index is 13.9. The van der Waals surface area contributed by atoms with Crippen LogP contribution in [0.2, 0.25) is 5.02 Å². The molecule has 11 heteroatoms. The predicted octanol–water partition coefficient (Wildman–Crippen LogP) is 5.10. The van der Waals surface area contributed by atoms with Crippen molar-refractivity contribution in [1.82, 2.24) is 19.1 Å². The molecule has 1 aliphatic heterocycles. The van der Waals surface area contributed by atoms with Crippen LogP contribution < -0.4 is 0 Å². The Labute approximate surface area is 228 Å². The van der Waals surface area contributed by atoms with Crippen LogP contribution in [-0.2, 0) is 16.4 Å². The molecule has 0 radical (unpaired) electrons. The number of piperidine rings is 1. The molecular weight excluding hydrogens is 546 g/mol. The molecule has 2 aromatic carbocycles. The standard InChI is InChI=1S/C28H21ClF2N4O3S/c29-23-15-21(8-9-24(23)31)39(37,38)34-12-10-17-14-26-18(16-33-35(26)20-6-4-19(30)5-7-20)13-22(17)27(34)28(36)25-3-1-2-11-32-25/h1-9,11,14-16,22,27H,10,12-13H2/t22?,27-/m0/s1. The van der Waals surface area contributed by atoms with Crippen LogP contribution >= 0.6 is 11.6 Å². The first-order chi connectivity index (χ1) is 18.7. The summed E-state index contributed by atoms with van der Waals surface area (Å²) >= 11 is 5.91. The molecule has 1 unspecified atom stereocenters. The van der Waals surface area contributed by atoms with Crippen LogP contribution in [0.5, 0.6) is 0 Å². The number of benzene rings is 2. The van der Waals surface area contributed by atoms with Crippen molar-refractivity contribution in [3.8, 4) is 5.69 Å². The van der Waals surface area contributed by atoms with Crippen molar-refractivity contribution >= 4 is 33.5 Å². The van der Waals surface area contributed by atoms with E-state index in [4.69, 9.17) is 11.6 Å². The SMILES string of the molecule is O=C(c1ccccn1)[C@@H]1C2Cc3cnn(-c4ccc(F)cc4)c3C=C2CCN1S(=O)(=O)c1ccc(F)c(Cl)c1. The number of hydrogen-bond donors (Lipinski definition) is 0. The average molecular weight is 567 g/mol. The zero-order valence-corrected chi connectivity index (χ0v) is 21.9. The van der Waals surface area contributed by atoms with E-state index in [1.165, 1.54) is 22.6 Å². The molecular formula is C28H21ClF2N4O3S. The summed E-state index contributed by atoms with van der Waals surface area (Å²) < 4.78 is 57.9. The summed E-state index contributed by atoms with van der Waals surface area (Å²) in [6.45, 7) is 0.0307. The second-order valence-corrected chi connectivity index (χ2v) is 11.7. The Hall–Kier alpha value is -3.73. The molecule has 0 spiro atoms. The molecule has 1 saturated heterocycles. The van der Waals surface area contributed by atoms with Crippen molar-refractivity contribution in [3.63, 3.8) is 0 Å². The van der Waals surface area contributed by atoms with Gasteiger partial charge >= 0.3 is 0 Å². The third kappa shape index (κ3) is 4.48. The van der Waals surface area contributed by atoms with E-state index < -0.39 is 33.6 Å². The largest absolute Gasteiger partial charge is 0.291 e. The van der Waals surface area contributed by atoms with Crippen LogP contribution in [0, 0.1) is 17.6 Å². The molecule has 2 aliphatic rings. The summed E-state index contributed by atoms with van der Waals surface area (Å²) in [6, 6.07) is 13.0. The first kappa shape index (κ1) is 25.5. The van der Waals surface area contributed by atoms with Crippen LogP contribution in [0.15, 0.2) is 83.5 Å². The van der Waals surface area contributed by atoms with Gasteiger partial charge in [0.15, 0.2) is 5.78 Å². The van der Waals surface area contributed by atoms with Crippen molar-refractivity contribution < 1.29 is 22.0 Å². The number of hydrogen-bond acceptors (Lipinski definition) is 5. The molecule has 1 aliphatic carbocycles. The number of Topliss-reactive ketones (excluding diaryl/α,β-unsaturated/α-hetero) is 1. The van der Waals surface area contributed by atoms with Crippen molar-refractivity contribution in [2.45, 2.75) is 23.8 Å². The van der Waals surface area contributed by atoms with Crippen LogP contribution in [0.3, 0.4) is 0 Å². The lowest BCUT2D eigenvalue weighted by molar-refractivity contribution is 0.0821. The van der Waals surface area contributed by atoms with Gasteiger partial charge in [-0.15, -0.1) is 0 Å². The number of aromatic nitrogens is 3. The topological polar surface area (TPSA) is 85.2 Å². The molecule has 0 saturated carbocycles. The summed E-state index contributed by atoms with van der Waals surface area (Å²) in [6.07, 6.45) is 5.84. The molecule has 2 atom stereocenters. The summed E-state index contributed by atoms with van der Waals surface area (Å²) in [5.41, 5.74) is 3.37. The van der Waals surface area contributed by atoms with Gasteiger partial charge in [-0.25, -0.2) is 21.9 Å². The van der Waals surface area contributed by atoms with E-state index in [-0.39, 0.29) is 28.0 Å². The number of carbonyl (C=O) groups excluding carboxylic acids is 1. The van der Waals surface area contributed by atoms with Crippen molar-refractivity contribution in [2.24, 2.45) is 5.92 Å². The van der Waals surface area contributed by atoms with Gasteiger partial charge in [-0.1, -0.05) is 23.2 Å². The first-order valence-electron chi connectivity index (χ1n) is 12.2. The molecule has 6 rings (SSSR count). The number of carbonyl (C=O) groups is 1. The van der Waals surface area contributed by atoms with E-state index in [2.05, 4.69) is 10.1 Å². The Morgan fingerprint density at radius 3 is 2.56 bits per heavy atom. The number of pyridine rings is 1. The maximum atomic E-state index is 13.9. The minimum Gasteiger partial charge on any atom is -0.291 e. The van der Waals surface area contributed by atoms with Gasteiger partial charge in [0.1, 0.15) is 17.3 Å². The van der Waals surface area contributed by atoms with Gasteiger partial charge in [-0.3, -0.25) is 9.78 Å². The molecule has 1 fully saturated rings. The van der Waals surface area contributed by atoms with Crippen LogP contribution in [-0.4, -0.2) is 45.9 Å². The molecule has 3 heterocycles. The molecule has 0 amide bonds. The molecule has 0 N–H and O–H groups in total. The summed E-state index contributed by atoms with van der Waals surface area (Å²) in [7, 11) is -4.22. The van der Waals surface area contributed by atoms with E-state index in [9.17, 15) is 22.0 Å². The van der Waals surface area contributed by atoms with Crippen molar-refractivity contribution in [3.05, 3.63) is 112 Å². The Bertz CT molecular complexity index is 1720. The lowest BCUT2D eigenvalue weighted by atomic mass is 9.76. The highest BCUT2D eigenvalue weighted by atomic mass is 35.5. The van der Waals surface area contributed by atoms with Crippen LogP contribution in [0.1, 0.15) is 28.2 Å². The molecule has 2 aromatic heterocycles. The van der Waals surface area contributed by atoms with Gasteiger partial charge in [-0.2, -0.15) is 9.40 Å². The predicted molar refractivity (Wildman–Crippen MR) is 141 cm³/mol. The highest BCUT2D eigenvalue weighted by Gasteiger charge is 2.47. The second kappa shape index (κ2) is 9.78. The summed E-state index contributed by atoms with van der Waals surface area (Å²) in [4.78, 5) is 17.9.